The van der Waals surface area contributed by atoms with E-state index in [0.29, 0.717) is 18.1 Å². The summed E-state index contributed by atoms with van der Waals surface area (Å²) < 4.78 is 1.49. The van der Waals surface area contributed by atoms with Gasteiger partial charge in [0.1, 0.15) is 5.69 Å². The van der Waals surface area contributed by atoms with E-state index >= 15 is 0 Å². The Hall–Kier alpha value is -1.63. The van der Waals surface area contributed by atoms with Crippen LogP contribution in [0.4, 0.5) is 11.5 Å². The van der Waals surface area contributed by atoms with Crippen molar-refractivity contribution in [2.45, 2.75) is 6.92 Å². The lowest BCUT2D eigenvalue weighted by Crippen LogP contribution is -2.19. The van der Waals surface area contributed by atoms with Crippen LogP contribution in [0, 0.1) is 17.0 Å². The van der Waals surface area contributed by atoms with E-state index in [1.54, 1.807) is 14.0 Å². The highest BCUT2D eigenvalue weighted by atomic mass is 16.6. The van der Waals surface area contributed by atoms with Crippen molar-refractivity contribution in [2.75, 3.05) is 25.5 Å². The SMILES string of the molecule is CNCCNc1c([N+](=O)[O-])c(C)nn1C. The third-order valence-corrected chi connectivity index (χ3v) is 2.04. The van der Waals surface area contributed by atoms with Crippen LogP contribution in [0.3, 0.4) is 0 Å². The van der Waals surface area contributed by atoms with Gasteiger partial charge in [0, 0.05) is 20.1 Å². The maximum absolute atomic E-state index is 10.8. The van der Waals surface area contributed by atoms with Gasteiger partial charge in [-0.3, -0.25) is 10.1 Å². The molecule has 2 N–H and O–H groups in total. The van der Waals surface area contributed by atoms with Crippen molar-refractivity contribution in [1.82, 2.24) is 15.1 Å². The van der Waals surface area contributed by atoms with Crippen molar-refractivity contribution >= 4 is 11.5 Å². The summed E-state index contributed by atoms with van der Waals surface area (Å²) in [7, 11) is 3.51. The van der Waals surface area contributed by atoms with Crippen LogP contribution < -0.4 is 10.6 Å². The van der Waals surface area contributed by atoms with E-state index in [0.717, 1.165) is 6.54 Å². The molecule has 1 aromatic heterocycles. The Kier molecular flexibility index (Phi) is 3.62. The van der Waals surface area contributed by atoms with Crippen molar-refractivity contribution in [2.24, 2.45) is 7.05 Å². The summed E-state index contributed by atoms with van der Waals surface area (Å²) in [6.45, 7) is 2.99. The fourth-order valence-corrected chi connectivity index (χ4v) is 1.37. The molecule has 0 saturated heterocycles. The van der Waals surface area contributed by atoms with Gasteiger partial charge in [0.15, 0.2) is 0 Å². The maximum atomic E-state index is 10.8. The van der Waals surface area contributed by atoms with Crippen LogP contribution in [-0.2, 0) is 7.05 Å². The Morgan fingerprint density at radius 3 is 2.73 bits per heavy atom. The Morgan fingerprint density at radius 2 is 2.20 bits per heavy atom. The first-order chi connectivity index (χ1) is 7.07. The summed E-state index contributed by atoms with van der Waals surface area (Å²) in [6, 6.07) is 0. The molecule has 0 radical (unpaired) electrons. The Bertz CT molecular complexity index is 360. The van der Waals surface area contributed by atoms with Gasteiger partial charge in [-0.25, -0.2) is 4.68 Å². The molecule has 0 aromatic carbocycles. The molecule has 0 saturated carbocycles. The molecule has 0 bridgehead atoms. The molecule has 1 rings (SSSR count). The van der Waals surface area contributed by atoms with Gasteiger partial charge in [-0.15, -0.1) is 0 Å². The molecule has 0 aliphatic heterocycles. The molecular formula is C8H15N5O2. The third-order valence-electron chi connectivity index (χ3n) is 2.04. The van der Waals surface area contributed by atoms with Crippen LogP contribution >= 0.6 is 0 Å². The predicted molar refractivity (Wildman–Crippen MR) is 57.0 cm³/mol. The fraction of sp³-hybridized carbons (Fsp3) is 0.625. The second-order valence-corrected chi connectivity index (χ2v) is 3.19. The van der Waals surface area contributed by atoms with E-state index in [9.17, 15) is 10.1 Å². The largest absolute Gasteiger partial charge is 0.363 e. The number of nitrogens with one attached hydrogen (secondary N) is 2. The van der Waals surface area contributed by atoms with Crippen molar-refractivity contribution in [1.29, 1.82) is 0 Å². The van der Waals surface area contributed by atoms with Gasteiger partial charge in [-0.05, 0) is 14.0 Å². The minimum absolute atomic E-state index is 0.0496. The van der Waals surface area contributed by atoms with Gasteiger partial charge >= 0.3 is 5.69 Å². The normalized spacial score (nSPS) is 10.3. The average molecular weight is 213 g/mol. The highest BCUT2D eigenvalue weighted by Gasteiger charge is 2.23. The lowest BCUT2D eigenvalue weighted by Gasteiger charge is -2.04. The summed E-state index contributed by atoms with van der Waals surface area (Å²) in [4.78, 5) is 10.4. The molecule has 1 aromatic rings. The highest BCUT2D eigenvalue weighted by Crippen LogP contribution is 2.26. The minimum Gasteiger partial charge on any atom is -0.363 e. The van der Waals surface area contributed by atoms with Crippen LogP contribution in [0.15, 0.2) is 0 Å². The summed E-state index contributed by atoms with van der Waals surface area (Å²) >= 11 is 0. The monoisotopic (exact) mass is 213 g/mol. The Labute approximate surface area is 87.6 Å². The molecule has 15 heavy (non-hydrogen) atoms. The number of aryl methyl sites for hydroxylation is 2. The van der Waals surface area contributed by atoms with Crippen LogP contribution in [0.5, 0.6) is 0 Å². The van der Waals surface area contributed by atoms with Crippen LogP contribution in [0.1, 0.15) is 5.69 Å². The van der Waals surface area contributed by atoms with Gasteiger partial charge in [0.2, 0.25) is 5.82 Å². The Balaban J connectivity index is 2.89. The number of nitro groups is 1. The predicted octanol–water partition coefficient (Wildman–Crippen LogP) is 0.268. The van der Waals surface area contributed by atoms with Gasteiger partial charge in [-0.1, -0.05) is 0 Å². The smallest absolute Gasteiger partial charge is 0.333 e. The highest BCUT2D eigenvalue weighted by molar-refractivity contribution is 5.59. The van der Waals surface area contributed by atoms with E-state index < -0.39 is 4.92 Å². The number of likely N-dealkylation sites (N-methyl/N-ethyl adjacent to an activating group) is 1. The third kappa shape index (κ3) is 2.44. The van der Waals surface area contributed by atoms with Crippen LogP contribution in [0.2, 0.25) is 0 Å². The number of hydrogen-bond acceptors (Lipinski definition) is 5. The molecule has 1 heterocycles. The molecule has 84 valence electrons. The molecule has 7 heteroatoms. The zero-order valence-corrected chi connectivity index (χ0v) is 9.07. The van der Waals surface area contributed by atoms with Crippen molar-refractivity contribution < 1.29 is 4.92 Å². The number of nitrogens with zero attached hydrogens (tertiary/aromatic N) is 3. The van der Waals surface area contributed by atoms with E-state index in [1.165, 1.54) is 4.68 Å². The van der Waals surface area contributed by atoms with Gasteiger partial charge in [0.05, 0.1) is 4.92 Å². The zero-order chi connectivity index (χ0) is 11.4. The molecule has 0 aliphatic carbocycles. The topological polar surface area (TPSA) is 85.0 Å². The fourth-order valence-electron chi connectivity index (χ4n) is 1.37. The summed E-state index contributed by atoms with van der Waals surface area (Å²) in [5.74, 6) is 0.452. The van der Waals surface area contributed by atoms with Crippen molar-refractivity contribution in [3.05, 3.63) is 15.8 Å². The lowest BCUT2D eigenvalue weighted by molar-refractivity contribution is -0.384. The van der Waals surface area contributed by atoms with Crippen LogP contribution in [-0.4, -0.2) is 34.8 Å². The summed E-state index contributed by atoms with van der Waals surface area (Å²) in [6.07, 6.45) is 0. The van der Waals surface area contributed by atoms with E-state index in [4.69, 9.17) is 0 Å². The van der Waals surface area contributed by atoms with Crippen molar-refractivity contribution in [3.63, 3.8) is 0 Å². The first kappa shape index (κ1) is 11.4. The second-order valence-electron chi connectivity index (χ2n) is 3.19. The van der Waals surface area contributed by atoms with Crippen LogP contribution in [0.25, 0.3) is 0 Å². The molecular weight excluding hydrogens is 198 g/mol. The first-order valence-electron chi connectivity index (χ1n) is 4.64. The summed E-state index contributed by atoms with van der Waals surface area (Å²) in [5, 5.41) is 20.7. The minimum atomic E-state index is -0.413. The van der Waals surface area contributed by atoms with Gasteiger partial charge < -0.3 is 10.6 Å². The molecule has 0 fully saturated rings. The molecule has 0 spiro atoms. The molecule has 0 aliphatic rings. The van der Waals surface area contributed by atoms with Gasteiger partial charge in [0.25, 0.3) is 0 Å². The maximum Gasteiger partial charge on any atom is 0.333 e. The standard InChI is InChI=1S/C8H15N5O2/c1-6-7(13(14)15)8(12(3)11-6)10-5-4-9-2/h9-10H,4-5H2,1-3H3. The zero-order valence-electron chi connectivity index (χ0n) is 9.07. The molecule has 0 amide bonds. The Morgan fingerprint density at radius 1 is 1.53 bits per heavy atom. The molecule has 0 atom stereocenters. The number of anilines is 1. The quantitative estimate of drug-likeness (QED) is 0.416. The van der Waals surface area contributed by atoms with Crippen molar-refractivity contribution in [3.8, 4) is 0 Å². The molecule has 0 unspecified atom stereocenters. The number of rotatable bonds is 5. The number of hydrogen-bond donors (Lipinski definition) is 2. The van der Waals surface area contributed by atoms with E-state index in [2.05, 4.69) is 15.7 Å². The van der Waals surface area contributed by atoms with Gasteiger partial charge in [-0.2, -0.15) is 5.10 Å². The lowest BCUT2D eigenvalue weighted by atomic mass is 10.4. The van der Waals surface area contributed by atoms with E-state index in [-0.39, 0.29) is 5.69 Å². The second kappa shape index (κ2) is 4.74. The summed E-state index contributed by atoms with van der Waals surface area (Å²) in [5.41, 5.74) is 0.475. The van der Waals surface area contributed by atoms with E-state index in [1.807, 2.05) is 7.05 Å². The average Bonchev–Trinajstić information content (AvgIpc) is 2.42. The molecule has 7 nitrogen and oxygen atoms in total. The first-order valence-corrected chi connectivity index (χ1v) is 4.64. The number of aromatic nitrogens is 2.